The Morgan fingerprint density at radius 3 is 2.64 bits per heavy atom. The van der Waals surface area contributed by atoms with E-state index in [1.165, 1.54) is 5.57 Å². The van der Waals surface area contributed by atoms with Crippen molar-refractivity contribution in [2.45, 2.75) is 20.3 Å². The van der Waals surface area contributed by atoms with Crippen LogP contribution in [0.5, 0.6) is 0 Å². The van der Waals surface area contributed by atoms with Crippen molar-refractivity contribution in [3.63, 3.8) is 0 Å². The molecular formula is C9H16N2. The predicted octanol–water partition coefficient (Wildman–Crippen LogP) is 1.89. The van der Waals surface area contributed by atoms with Crippen molar-refractivity contribution in [1.29, 1.82) is 0 Å². The van der Waals surface area contributed by atoms with Gasteiger partial charge in [0.05, 0.1) is 5.84 Å². The van der Waals surface area contributed by atoms with Gasteiger partial charge in [-0.3, -0.25) is 4.99 Å². The number of nitrogens with zero attached hydrogens (tertiary/aromatic N) is 1. The summed E-state index contributed by atoms with van der Waals surface area (Å²) in [7, 11) is 1.71. The van der Waals surface area contributed by atoms with E-state index < -0.39 is 0 Å². The molecule has 0 rings (SSSR count). The molecule has 2 N–H and O–H groups in total. The van der Waals surface area contributed by atoms with Gasteiger partial charge in [-0.15, -0.1) is 0 Å². The van der Waals surface area contributed by atoms with Crippen LogP contribution in [-0.4, -0.2) is 12.9 Å². The van der Waals surface area contributed by atoms with Crippen molar-refractivity contribution < 1.29 is 0 Å². The summed E-state index contributed by atoms with van der Waals surface area (Å²) < 4.78 is 0. The minimum atomic E-state index is 0.684. The lowest BCUT2D eigenvalue weighted by Gasteiger charge is -1.97. The van der Waals surface area contributed by atoms with E-state index in [1.807, 2.05) is 32.1 Å². The van der Waals surface area contributed by atoms with Crippen LogP contribution < -0.4 is 5.73 Å². The van der Waals surface area contributed by atoms with Crippen LogP contribution in [0.2, 0.25) is 0 Å². The van der Waals surface area contributed by atoms with Crippen molar-refractivity contribution in [1.82, 2.24) is 0 Å². The first-order valence-corrected chi connectivity index (χ1v) is 3.70. The molecule has 0 radical (unpaired) electrons. The van der Waals surface area contributed by atoms with Crippen molar-refractivity contribution in [2.75, 3.05) is 7.05 Å². The maximum Gasteiger partial charge on any atom is 0.0974 e. The summed E-state index contributed by atoms with van der Waals surface area (Å²) in [5.74, 6) is 0.684. The largest absolute Gasteiger partial charge is 0.387 e. The van der Waals surface area contributed by atoms with E-state index in [2.05, 4.69) is 4.99 Å². The topological polar surface area (TPSA) is 38.4 Å². The number of nitrogens with two attached hydrogens (primary N) is 1. The molecule has 0 aromatic carbocycles. The molecule has 0 bridgehead atoms. The lowest BCUT2D eigenvalue weighted by Crippen LogP contribution is -2.11. The van der Waals surface area contributed by atoms with Crippen molar-refractivity contribution in [2.24, 2.45) is 10.7 Å². The Kier molecular flexibility index (Phi) is 5.17. The summed E-state index contributed by atoms with van der Waals surface area (Å²) >= 11 is 0. The molecule has 0 unspecified atom stereocenters. The fourth-order valence-corrected chi connectivity index (χ4v) is 0.684. The second-order valence-electron chi connectivity index (χ2n) is 2.43. The molecule has 62 valence electrons. The zero-order valence-corrected chi connectivity index (χ0v) is 7.46. The fourth-order valence-electron chi connectivity index (χ4n) is 0.684. The third kappa shape index (κ3) is 5.40. The number of hydrogen-bond acceptors (Lipinski definition) is 1. The number of allylic oxidation sites excluding steroid dienone is 3. The highest BCUT2D eigenvalue weighted by molar-refractivity contribution is 5.82. The standard InChI is InChI=1S/C9H16N2/c1-4-5-6-8(2)7-9(10)11-3/h4-6H,7H2,1-3H3,(H2,10,11)/b5-4-,8-6+. The first-order chi connectivity index (χ1) is 5.20. The quantitative estimate of drug-likeness (QED) is 0.374. The number of hydrogen-bond donors (Lipinski definition) is 1. The van der Waals surface area contributed by atoms with Gasteiger partial charge in [0, 0.05) is 13.5 Å². The normalized spacial score (nSPS) is 14.5. The zero-order chi connectivity index (χ0) is 8.69. The van der Waals surface area contributed by atoms with Gasteiger partial charge in [0.1, 0.15) is 0 Å². The van der Waals surface area contributed by atoms with E-state index in [9.17, 15) is 0 Å². The van der Waals surface area contributed by atoms with E-state index in [4.69, 9.17) is 5.73 Å². The average Bonchev–Trinajstić information content (AvgIpc) is 2.00. The SMILES string of the molecule is C/C=C\C=C(/C)CC(N)=NC. The molecule has 11 heavy (non-hydrogen) atoms. The molecule has 0 aromatic heterocycles. The van der Waals surface area contributed by atoms with Gasteiger partial charge in [-0.2, -0.15) is 0 Å². The Morgan fingerprint density at radius 2 is 2.18 bits per heavy atom. The van der Waals surface area contributed by atoms with Gasteiger partial charge in [0.2, 0.25) is 0 Å². The van der Waals surface area contributed by atoms with Gasteiger partial charge in [-0.05, 0) is 13.8 Å². The molecule has 0 atom stereocenters. The molecule has 2 nitrogen and oxygen atoms in total. The van der Waals surface area contributed by atoms with Crippen LogP contribution in [0.3, 0.4) is 0 Å². The van der Waals surface area contributed by atoms with Crippen LogP contribution in [0.25, 0.3) is 0 Å². The number of aliphatic imine (C=N–C) groups is 1. The molecular weight excluding hydrogens is 136 g/mol. The maximum absolute atomic E-state index is 5.53. The molecule has 2 heteroatoms. The van der Waals surface area contributed by atoms with E-state index in [-0.39, 0.29) is 0 Å². The molecule has 0 saturated heterocycles. The second kappa shape index (κ2) is 5.71. The van der Waals surface area contributed by atoms with Gasteiger partial charge < -0.3 is 5.73 Å². The molecule has 0 aromatic rings. The van der Waals surface area contributed by atoms with Gasteiger partial charge in [-0.25, -0.2) is 0 Å². The van der Waals surface area contributed by atoms with Crippen molar-refractivity contribution >= 4 is 5.84 Å². The average molecular weight is 152 g/mol. The first-order valence-electron chi connectivity index (χ1n) is 3.70. The number of amidine groups is 1. The summed E-state index contributed by atoms with van der Waals surface area (Å²) in [6.07, 6.45) is 6.79. The van der Waals surface area contributed by atoms with E-state index >= 15 is 0 Å². The third-order valence-corrected chi connectivity index (χ3v) is 1.32. The molecule has 0 aliphatic heterocycles. The van der Waals surface area contributed by atoms with Crippen LogP contribution in [0.4, 0.5) is 0 Å². The second-order valence-corrected chi connectivity index (χ2v) is 2.43. The highest BCUT2D eigenvalue weighted by Crippen LogP contribution is 1.99. The maximum atomic E-state index is 5.53. The number of rotatable bonds is 3. The van der Waals surface area contributed by atoms with Crippen LogP contribution in [0.15, 0.2) is 28.8 Å². The molecule has 0 fully saturated rings. The van der Waals surface area contributed by atoms with E-state index in [0.717, 1.165) is 6.42 Å². The Morgan fingerprint density at radius 1 is 1.55 bits per heavy atom. The van der Waals surface area contributed by atoms with Crippen LogP contribution in [0.1, 0.15) is 20.3 Å². The molecule has 0 saturated carbocycles. The van der Waals surface area contributed by atoms with Crippen molar-refractivity contribution in [3.8, 4) is 0 Å². The summed E-state index contributed by atoms with van der Waals surface area (Å²) in [5, 5.41) is 0. The van der Waals surface area contributed by atoms with Gasteiger partial charge in [0.15, 0.2) is 0 Å². The van der Waals surface area contributed by atoms with Gasteiger partial charge >= 0.3 is 0 Å². The summed E-state index contributed by atoms with van der Waals surface area (Å²) in [5.41, 5.74) is 6.76. The van der Waals surface area contributed by atoms with Gasteiger partial charge in [0.25, 0.3) is 0 Å². The van der Waals surface area contributed by atoms with Crippen LogP contribution >= 0.6 is 0 Å². The highest BCUT2D eigenvalue weighted by atomic mass is 14.8. The van der Waals surface area contributed by atoms with E-state index in [0.29, 0.717) is 5.84 Å². The monoisotopic (exact) mass is 152 g/mol. The Labute approximate surface area is 68.5 Å². The Hall–Kier alpha value is -1.05. The Bertz CT molecular complexity index is 188. The molecule has 0 aliphatic rings. The fraction of sp³-hybridized carbons (Fsp3) is 0.444. The highest BCUT2D eigenvalue weighted by Gasteiger charge is 1.90. The van der Waals surface area contributed by atoms with Crippen LogP contribution in [0, 0.1) is 0 Å². The predicted molar refractivity (Wildman–Crippen MR) is 50.7 cm³/mol. The minimum Gasteiger partial charge on any atom is -0.387 e. The summed E-state index contributed by atoms with van der Waals surface area (Å²) in [6, 6.07) is 0. The third-order valence-electron chi connectivity index (χ3n) is 1.32. The zero-order valence-electron chi connectivity index (χ0n) is 7.46. The van der Waals surface area contributed by atoms with Crippen LogP contribution in [-0.2, 0) is 0 Å². The lowest BCUT2D eigenvalue weighted by atomic mass is 10.2. The lowest BCUT2D eigenvalue weighted by molar-refractivity contribution is 1.21. The first kappa shape index (κ1) is 9.95. The van der Waals surface area contributed by atoms with Gasteiger partial charge in [-0.1, -0.05) is 23.8 Å². The summed E-state index contributed by atoms with van der Waals surface area (Å²) in [6.45, 7) is 4.03. The summed E-state index contributed by atoms with van der Waals surface area (Å²) in [4.78, 5) is 3.87. The molecule has 0 aliphatic carbocycles. The van der Waals surface area contributed by atoms with Crippen molar-refractivity contribution in [3.05, 3.63) is 23.8 Å². The smallest absolute Gasteiger partial charge is 0.0974 e. The molecule has 0 spiro atoms. The minimum absolute atomic E-state index is 0.684. The Balaban J connectivity index is 3.96. The molecule has 0 amide bonds. The van der Waals surface area contributed by atoms with E-state index in [1.54, 1.807) is 7.05 Å². The molecule has 0 heterocycles.